The Kier molecular flexibility index (Phi) is 4.87. The van der Waals surface area contributed by atoms with E-state index in [0.717, 1.165) is 30.0 Å². The molecule has 0 spiro atoms. The number of hydrogen-bond donors (Lipinski definition) is 2. The molecule has 0 radical (unpaired) electrons. The van der Waals surface area contributed by atoms with Crippen LogP contribution in [0.25, 0.3) is 11.3 Å². The first-order valence-electron chi connectivity index (χ1n) is 7.02. The van der Waals surface area contributed by atoms with Crippen molar-refractivity contribution < 1.29 is 0 Å². The Morgan fingerprint density at radius 2 is 1.90 bits per heavy atom. The van der Waals surface area contributed by atoms with Gasteiger partial charge in [0.2, 0.25) is 5.95 Å². The second-order valence-corrected chi connectivity index (χ2v) is 4.68. The largest absolute Gasteiger partial charge is 0.370 e. The van der Waals surface area contributed by atoms with Gasteiger partial charge in [-0.1, -0.05) is 6.92 Å². The quantitative estimate of drug-likeness (QED) is 0.845. The zero-order valence-electron chi connectivity index (χ0n) is 12.2. The minimum absolute atomic E-state index is 0.345. The molecule has 0 aliphatic heterocycles. The molecule has 1 atom stereocenters. The lowest BCUT2D eigenvalue weighted by atomic mass is 10.2. The Morgan fingerprint density at radius 3 is 2.55 bits per heavy atom. The summed E-state index contributed by atoms with van der Waals surface area (Å²) in [6, 6.07) is 6.20. The van der Waals surface area contributed by atoms with E-state index in [9.17, 15) is 0 Å². The summed E-state index contributed by atoms with van der Waals surface area (Å²) >= 11 is 0. The van der Waals surface area contributed by atoms with Crippen LogP contribution in [0.2, 0.25) is 0 Å². The zero-order valence-corrected chi connectivity index (χ0v) is 12.2. The van der Waals surface area contributed by atoms with E-state index < -0.39 is 0 Å². The topological polar surface area (TPSA) is 62.7 Å². The zero-order chi connectivity index (χ0) is 14.4. The van der Waals surface area contributed by atoms with E-state index in [-0.39, 0.29) is 0 Å². The first-order valence-corrected chi connectivity index (χ1v) is 7.02. The summed E-state index contributed by atoms with van der Waals surface area (Å²) in [6.07, 6.45) is 4.57. The van der Waals surface area contributed by atoms with Gasteiger partial charge >= 0.3 is 0 Å². The monoisotopic (exact) mass is 271 g/mol. The minimum Gasteiger partial charge on any atom is -0.370 e. The van der Waals surface area contributed by atoms with Crippen molar-refractivity contribution in [1.29, 1.82) is 0 Å². The third kappa shape index (κ3) is 3.66. The van der Waals surface area contributed by atoms with E-state index in [1.807, 2.05) is 18.2 Å². The number of aromatic nitrogens is 3. The van der Waals surface area contributed by atoms with Crippen LogP contribution in [0.3, 0.4) is 0 Å². The fraction of sp³-hybridized carbons (Fsp3) is 0.400. The van der Waals surface area contributed by atoms with Gasteiger partial charge in [-0.25, -0.2) is 4.98 Å². The minimum atomic E-state index is 0.345. The maximum atomic E-state index is 4.58. The molecule has 0 saturated heterocycles. The van der Waals surface area contributed by atoms with Crippen LogP contribution in [0.15, 0.2) is 30.6 Å². The molecule has 5 heteroatoms. The molecule has 0 bridgehead atoms. The highest BCUT2D eigenvalue weighted by Gasteiger charge is 2.08. The third-order valence-electron chi connectivity index (χ3n) is 3.05. The van der Waals surface area contributed by atoms with E-state index in [1.165, 1.54) is 0 Å². The molecular formula is C15H21N5. The summed E-state index contributed by atoms with van der Waals surface area (Å²) in [7, 11) is 0. The van der Waals surface area contributed by atoms with E-state index in [0.29, 0.717) is 12.0 Å². The van der Waals surface area contributed by atoms with Gasteiger partial charge in [0.15, 0.2) is 0 Å². The molecule has 0 aliphatic carbocycles. The van der Waals surface area contributed by atoms with Gasteiger partial charge in [-0.05, 0) is 32.4 Å². The second kappa shape index (κ2) is 6.84. The fourth-order valence-corrected chi connectivity index (χ4v) is 1.78. The van der Waals surface area contributed by atoms with Gasteiger partial charge in [-0.15, -0.1) is 0 Å². The van der Waals surface area contributed by atoms with E-state index >= 15 is 0 Å². The predicted octanol–water partition coefficient (Wildman–Crippen LogP) is 3.18. The molecule has 2 aromatic rings. The molecule has 0 fully saturated rings. The predicted molar refractivity (Wildman–Crippen MR) is 82.8 cm³/mol. The highest BCUT2D eigenvalue weighted by Crippen LogP contribution is 2.21. The third-order valence-corrected chi connectivity index (χ3v) is 3.05. The summed E-state index contributed by atoms with van der Waals surface area (Å²) in [5.74, 6) is 1.49. The fourth-order valence-electron chi connectivity index (χ4n) is 1.78. The standard InChI is InChI=1S/C15H21N5/c1-4-11(3)18-15-19-13(10-14(20-15)17-5-2)12-6-8-16-9-7-12/h6-11H,4-5H2,1-3H3,(H2,17,18,19,20)/t11-/m1/s1. The van der Waals surface area contributed by atoms with Crippen LogP contribution in [0, 0.1) is 0 Å². The Labute approximate surface area is 119 Å². The van der Waals surface area contributed by atoms with E-state index in [2.05, 4.69) is 46.4 Å². The number of pyridine rings is 1. The molecule has 5 nitrogen and oxygen atoms in total. The Hall–Kier alpha value is -2.17. The van der Waals surface area contributed by atoms with Crippen LogP contribution < -0.4 is 10.6 Å². The van der Waals surface area contributed by atoms with Crippen molar-refractivity contribution in [1.82, 2.24) is 15.0 Å². The van der Waals surface area contributed by atoms with Crippen LogP contribution in [-0.4, -0.2) is 27.5 Å². The SMILES string of the molecule is CCNc1cc(-c2ccncc2)nc(N[C@H](C)CC)n1. The maximum Gasteiger partial charge on any atom is 0.225 e. The molecule has 2 N–H and O–H groups in total. The van der Waals surface area contributed by atoms with Crippen molar-refractivity contribution in [3.05, 3.63) is 30.6 Å². The summed E-state index contributed by atoms with van der Waals surface area (Å²) in [6.45, 7) is 7.14. The molecule has 2 heterocycles. The molecule has 0 saturated carbocycles. The van der Waals surface area contributed by atoms with Gasteiger partial charge in [0, 0.05) is 36.6 Å². The molecule has 0 aliphatic rings. The lowest BCUT2D eigenvalue weighted by Gasteiger charge is -2.14. The number of nitrogens with one attached hydrogen (secondary N) is 2. The lowest BCUT2D eigenvalue weighted by Crippen LogP contribution is -2.16. The highest BCUT2D eigenvalue weighted by molar-refractivity contribution is 5.63. The van der Waals surface area contributed by atoms with Gasteiger partial charge in [0.1, 0.15) is 5.82 Å². The van der Waals surface area contributed by atoms with E-state index in [4.69, 9.17) is 0 Å². The average molecular weight is 271 g/mol. The van der Waals surface area contributed by atoms with Gasteiger partial charge in [-0.2, -0.15) is 4.98 Å². The smallest absolute Gasteiger partial charge is 0.225 e. The number of hydrogen-bond acceptors (Lipinski definition) is 5. The summed E-state index contributed by atoms with van der Waals surface area (Å²) in [5.41, 5.74) is 1.93. The molecular weight excluding hydrogens is 250 g/mol. The summed E-state index contributed by atoms with van der Waals surface area (Å²) < 4.78 is 0. The van der Waals surface area contributed by atoms with Crippen molar-refractivity contribution >= 4 is 11.8 Å². The van der Waals surface area contributed by atoms with Crippen molar-refractivity contribution in [2.24, 2.45) is 0 Å². The Balaban J connectivity index is 2.35. The van der Waals surface area contributed by atoms with Gasteiger partial charge in [0.05, 0.1) is 5.69 Å². The number of rotatable bonds is 6. The first-order chi connectivity index (χ1) is 9.72. The average Bonchev–Trinajstić information content (AvgIpc) is 2.48. The van der Waals surface area contributed by atoms with Gasteiger partial charge in [-0.3, -0.25) is 4.98 Å². The van der Waals surface area contributed by atoms with Crippen LogP contribution >= 0.6 is 0 Å². The van der Waals surface area contributed by atoms with Crippen molar-refractivity contribution in [2.75, 3.05) is 17.2 Å². The van der Waals surface area contributed by atoms with Crippen molar-refractivity contribution in [3.63, 3.8) is 0 Å². The molecule has 20 heavy (non-hydrogen) atoms. The van der Waals surface area contributed by atoms with Crippen LogP contribution in [0.5, 0.6) is 0 Å². The Morgan fingerprint density at radius 1 is 1.15 bits per heavy atom. The highest BCUT2D eigenvalue weighted by atomic mass is 15.2. The van der Waals surface area contributed by atoms with Crippen LogP contribution in [0.4, 0.5) is 11.8 Å². The van der Waals surface area contributed by atoms with E-state index in [1.54, 1.807) is 12.4 Å². The second-order valence-electron chi connectivity index (χ2n) is 4.68. The van der Waals surface area contributed by atoms with Crippen LogP contribution in [-0.2, 0) is 0 Å². The molecule has 106 valence electrons. The maximum absolute atomic E-state index is 4.58. The molecule has 0 amide bonds. The van der Waals surface area contributed by atoms with Crippen molar-refractivity contribution in [3.8, 4) is 11.3 Å². The first kappa shape index (κ1) is 14.2. The molecule has 2 rings (SSSR count). The summed E-state index contributed by atoms with van der Waals surface area (Å²) in [5, 5.41) is 6.57. The lowest BCUT2D eigenvalue weighted by molar-refractivity contribution is 0.753. The van der Waals surface area contributed by atoms with Crippen molar-refractivity contribution in [2.45, 2.75) is 33.2 Å². The molecule has 2 aromatic heterocycles. The van der Waals surface area contributed by atoms with Gasteiger partial charge < -0.3 is 10.6 Å². The molecule has 0 aromatic carbocycles. The normalized spacial score (nSPS) is 11.9. The summed E-state index contributed by atoms with van der Waals surface area (Å²) in [4.78, 5) is 13.1. The Bertz CT molecular complexity index is 541. The number of anilines is 2. The molecule has 0 unspecified atom stereocenters. The van der Waals surface area contributed by atoms with Crippen LogP contribution in [0.1, 0.15) is 27.2 Å². The number of nitrogens with zero attached hydrogens (tertiary/aromatic N) is 3. The van der Waals surface area contributed by atoms with Gasteiger partial charge in [0.25, 0.3) is 0 Å².